The molecule has 1 aliphatic heterocycles. The number of nitrogens with one attached hydrogen (secondary N) is 2. The lowest BCUT2D eigenvalue weighted by Crippen LogP contribution is -2.47. The van der Waals surface area contributed by atoms with Gasteiger partial charge in [-0.3, -0.25) is 19.6 Å². The maximum absolute atomic E-state index is 13.0. The standard InChI is InChI=1S/C23H18FN3O4/c24-15-8-6-14(7-9-15)13-25-21(28)20-18-11-10-17(26-16-4-2-1-3-5-16)12-19(18)22(29)27(31)23(20)30/h1-12,20,26,31H,13H2,(H,25,28). The topological polar surface area (TPSA) is 98.7 Å². The van der Waals surface area contributed by atoms with Crippen molar-refractivity contribution >= 4 is 29.1 Å². The highest BCUT2D eigenvalue weighted by Crippen LogP contribution is 2.32. The van der Waals surface area contributed by atoms with Crippen LogP contribution in [0.4, 0.5) is 15.8 Å². The lowest BCUT2D eigenvalue weighted by atomic mass is 9.88. The van der Waals surface area contributed by atoms with Crippen LogP contribution in [0.3, 0.4) is 0 Å². The van der Waals surface area contributed by atoms with Crippen molar-refractivity contribution in [1.82, 2.24) is 10.4 Å². The van der Waals surface area contributed by atoms with Crippen LogP contribution < -0.4 is 10.6 Å². The summed E-state index contributed by atoms with van der Waals surface area (Å²) in [6, 6.07) is 19.5. The number of hydroxylamine groups is 2. The van der Waals surface area contributed by atoms with E-state index in [2.05, 4.69) is 10.6 Å². The molecule has 1 unspecified atom stereocenters. The van der Waals surface area contributed by atoms with Crippen molar-refractivity contribution in [3.05, 3.63) is 95.3 Å². The van der Waals surface area contributed by atoms with Crippen molar-refractivity contribution in [2.75, 3.05) is 5.32 Å². The number of carbonyl (C=O) groups is 3. The van der Waals surface area contributed by atoms with E-state index in [4.69, 9.17) is 0 Å². The van der Waals surface area contributed by atoms with Gasteiger partial charge in [-0.25, -0.2) is 4.39 Å². The fraction of sp³-hybridized carbons (Fsp3) is 0.0870. The average Bonchev–Trinajstić information content (AvgIpc) is 2.78. The minimum absolute atomic E-state index is 0.0310. The van der Waals surface area contributed by atoms with E-state index in [0.717, 1.165) is 5.69 Å². The Morgan fingerprint density at radius 3 is 2.39 bits per heavy atom. The van der Waals surface area contributed by atoms with Crippen LogP contribution in [0.25, 0.3) is 0 Å². The van der Waals surface area contributed by atoms with Crippen LogP contribution in [-0.4, -0.2) is 28.0 Å². The van der Waals surface area contributed by atoms with Gasteiger partial charge in [-0.2, -0.15) is 5.06 Å². The summed E-state index contributed by atoms with van der Waals surface area (Å²) in [5.74, 6) is -4.40. The van der Waals surface area contributed by atoms with E-state index in [-0.39, 0.29) is 22.7 Å². The van der Waals surface area contributed by atoms with Crippen LogP contribution in [0.2, 0.25) is 0 Å². The number of carbonyl (C=O) groups excluding carboxylic acids is 3. The van der Waals surface area contributed by atoms with Gasteiger partial charge in [0.25, 0.3) is 11.8 Å². The molecule has 8 heteroatoms. The maximum atomic E-state index is 13.0. The predicted octanol–water partition coefficient (Wildman–Crippen LogP) is 3.34. The zero-order valence-electron chi connectivity index (χ0n) is 16.2. The lowest BCUT2D eigenvalue weighted by Gasteiger charge is -2.28. The SMILES string of the molecule is O=C(NCc1ccc(F)cc1)C1C(=O)N(O)C(=O)c2cc(Nc3ccccc3)ccc21. The number of rotatable bonds is 5. The number of fused-ring (bicyclic) bond motifs is 1. The first-order valence-electron chi connectivity index (χ1n) is 9.49. The average molecular weight is 419 g/mol. The highest BCUT2D eigenvalue weighted by molar-refractivity contribution is 6.18. The van der Waals surface area contributed by atoms with Gasteiger partial charge in [-0.05, 0) is 47.5 Å². The minimum Gasteiger partial charge on any atom is -0.356 e. The Morgan fingerprint density at radius 1 is 0.968 bits per heavy atom. The first-order chi connectivity index (χ1) is 14.9. The van der Waals surface area contributed by atoms with E-state index < -0.39 is 29.5 Å². The Labute approximate surface area is 177 Å². The number of nitrogens with zero attached hydrogens (tertiary/aromatic N) is 1. The second kappa shape index (κ2) is 8.37. The largest absolute Gasteiger partial charge is 0.356 e. The van der Waals surface area contributed by atoms with Gasteiger partial charge >= 0.3 is 0 Å². The molecule has 3 aromatic carbocycles. The summed E-state index contributed by atoms with van der Waals surface area (Å²) in [5.41, 5.74) is 2.24. The number of hydrogen-bond acceptors (Lipinski definition) is 5. The monoisotopic (exact) mass is 419 g/mol. The van der Waals surface area contributed by atoms with E-state index >= 15 is 0 Å². The quantitative estimate of drug-likeness (QED) is 0.335. The van der Waals surface area contributed by atoms with E-state index in [1.807, 2.05) is 30.3 Å². The van der Waals surface area contributed by atoms with Crippen molar-refractivity contribution in [3.63, 3.8) is 0 Å². The third-order valence-corrected chi connectivity index (χ3v) is 4.95. The molecule has 1 atom stereocenters. The van der Waals surface area contributed by atoms with Gasteiger partial charge in [0.15, 0.2) is 0 Å². The van der Waals surface area contributed by atoms with Crippen LogP contribution in [0.15, 0.2) is 72.8 Å². The van der Waals surface area contributed by atoms with Crippen molar-refractivity contribution in [2.24, 2.45) is 0 Å². The zero-order valence-corrected chi connectivity index (χ0v) is 16.2. The fourth-order valence-corrected chi connectivity index (χ4v) is 3.38. The second-order valence-electron chi connectivity index (χ2n) is 7.03. The zero-order chi connectivity index (χ0) is 22.0. The van der Waals surface area contributed by atoms with Gasteiger partial charge in [0.1, 0.15) is 11.7 Å². The van der Waals surface area contributed by atoms with E-state index in [1.165, 1.54) is 36.4 Å². The summed E-state index contributed by atoms with van der Waals surface area (Å²) in [6.45, 7) is 0.0608. The van der Waals surface area contributed by atoms with Gasteiger partial charge in [0.05, 0.1) is 0 Å². The van der Waals surface area contributed by atoms with Crippen molar-refractivity contribution in [3.8, 4) is 0 Å². The number of para-hydroxylation sites is 1. The number of imide groups is 1. The van der Waals surface area contributed by atoms with Crippen molar-refractivity contribution in [1.29, 1.82) is 0 Å². The van der Waals surface area contributed by atoms with Gasteiger partial charge in [-0.15, -0.1) is 0 Å². The lowest BCUT2D eigenvalue weighted by molar-refractivity contribution is -0.158. The van der Waals surface area contributed by atoms with Gasteiger partial charge in [-0.1, -0.05) is 36.4 Å². The van der Waals surface area contributed by atoms with Crippen LogP contribution in [0, 0.1) is 5.82 Å². The number of benzene rings is 3. The molecule has 1 aliphatic rings. The fourth-order valence-electron chi connectivity index (χ4n) is 3.38. The van der Waals surface area contributed by atoms with Crippen LogP contribution in [0.1, 0.15) is 27.4 Å². The highest BCUT2D eigenvalue weighted by atomic mass is 19.1. The first kappa shape index (κ1) is 20.2. The molecule has 3 amide bonds. The summed E-state index contributed by atoms with van der Waals surface area (Å²) in [5, 5.41) is 15.7. The van der Waals surface area contributed by atoms with Gasteiger partial charge < -0.3 is 10.6 Å². The Bertz CT molecular complexity index is 1150. The molecule has 0 saturated heterocycles. The molecule has 0 spiro atoms. The molecule has 0 aromatic heterocycles. The smallest absolute Gasteiger partial charge is 0.285 e. The maximum Gasteiger partial charge on any atom is 0.285 e. The number of hydrogen-bond donors (Lipinski definition) is 3. The molecule has 7 nitrogen and oxygen atoms in total. The predicted molar refractivity (Wildman–Crippen MR) is 110 cm³/mol. The highest BCUT2D eigenvalue weighted by Gasteiger charge is 2.42. The summed E-state index contributed by atoms with van der Waals surface area (Å²) >= 11 is 0. The van der Waals surface area contributed by atoms with E-state index in [9.17, 15) is 24.0 Å². The number of halogens is 1. The third-order valence-electron chi connectivity index (χ3n) is 4.95. The van der Waals surface area contributed by atoms with Crippen LogP contribution >= 0.6 is 0 Å². The molecule has 3 aromatic rings. The summed E-state index contributed by atoms with van der Waals surface area (Å²) in [6.07, 6.45) is 0. The Balaban J connectivity index is 1.59. The normalized spacial score (nSPS) is 15.4. The Hall–Kier alpha value is -4.04. The molecule has 31 heavy (non-hydrogen) atoms. The molecule has 0 radical (unpaired) electrons. The first-order valence-corrected chi connectivity index (χ1v) is 9.49. The van der Waals surface area contributed by atoms with Gasteiger partial charge in [0, 0.05) is 23.5 Å². The summed E-state index contributed by atoms with van der Waals surface area (Å²) < 4.78 is 13.0. The number of amides is 3. The van der Waals surface area contributed by atoms with Crippen LogP contribution in [-0.2, 0) is 16.1 Å². The molecule has 1 heterocycles. The second-order valence-corrected chi connectivity index (χ2v) is 7.03. The molecule has 156 valence electrons. The molecule has 0 aliphatic carbocycles. The Morgan fingerprint density at radius 2 is 1.68 bits per heavy atom. The molecule has 0 bridgehead atoms. The molecule has 0 fully saturated rings. The van der Waals surface area contributed by atoms with Crippen molar-refractivity contribution in [2.45, 2.75) is 12.5 Å². The van der Waals surface area contributed by atoms with E-state index in [0.29, 0.717) is 11.3 Å². The van der Waals surface area contributed by atoms with Crippen LogP contribution in [0.5, 0.6) is 0 Å². The molecule has 0 saturated carbocycles. The van der Waals surface area contributed by atoms with Crippen molar-refractivity contribution < 1.29 is 24.0 Å². The third kappa shape index (κ3) is 4.15. The number of anilines is 2. The summed E-state index contributed by atoms with van der Waals surface area (Å²) in [4.78, 5) is 37.7. The molecular formula is C23H18FN3O4. The Kier molecular flexibility index (Phi) is 5.46. The van der Waals surface area contributed by atoms with E-state index in [1.54, 1.807) is 6.07 Å². The molecule has 3 N–H and O–H groups in total. The summed E-state index contributed by atoms with van der Waals surface area (Å²) in [7, 11) is 0. The minimum atomic E-state index is -1.39. The molecular weight excluding hydrogens is 401 g/mol. The molecule has 4 rings (SSSR count). The van der Waals surface area contributed by atoms with Gasteiger partial charge in [0.2, 0.25) is 5.91 Å².